The Bertz CT molecular complexity index is 610. The third-order valence-electron chi connectivity index (χ3n) is 3.05. The Labute approximate surface area is 123 Å². The molecule has 2 rings (SSSR count). The largest absolute Gasteiger partial charge is 0.313 e. The maximum atomic E-state index is 13.1. The van der Waals surface area contributed by atoms with Crippen LogP contribution < -0.4 is 10.0 Å². The van der Waals surface area contributed by atoms with Crippen molar-refractivity contribution >= 4 is 22.4 Å². The Kier molecular flexibility index (Phi) is 5.89. The molecular formula is C12H15ClFN3O2S. The molecule has 2 N–H and O–H groups in total. The van der Waals surface area contributed by atoms with Crippen molar-refractivity contribution in [2.75, 3.05) is 13.1 Å². The first-order valence-electron chi connectivity index (χ1n) is 5.95. The van der Waals surface area contributed by atoms with Crippen molar-refractivity contribution in [3.8, 4) is 6.07 Å². The zero-order chi connectivity index (χ0) is 13.9. The predicted octanol–water partition coefficient (Wildman–Crippen LogP) is 1.15. The van der Waals surface area contributed by atoms with Crippen LogP contribution in [0, 0.1) is 17.1 Å². The van der Waals surface area contributed by atoms with Gasteiger partial charge in [-0.3, -0.25) is 0 Å². The van der Waals surface area contributed by atoms with E-state index >= 15 is 0 Å². The number of hydrogen-bond acceptors (Lipinski definition) is 4. The molecule has 1 saturated heterocycles. The van der Waals surface area contributed by atoms with Gasteiger partial charge >= 0.3 is 0 Å². The monoisotopic (exact) mass is 319 g/mol. The van der Waals surface area contributed by atoms with Crippen molar-refractivity contribution in [3.63, 3.8) is 0 Å². The van der Waals surface area contributed by atoms with Crippen molar-refractivity contribution < 1.29 is 12.8 Å². The summed E-state index contributed by atoms with van der Waals surface area (Å²) in [5.74, 6) is -0.723. The van der Waals surface area contributed by atoms with Crippen LogP contribution in [0.15, 0.2) is 23.1 Å². The van der Waals surface area contributed by atoms with Crippen LogP contribution in [0.1, 0.15) is 18.4 Å². The topological polar surface area (TPSA) is 82.0 Å². The van der Waals surface area contributed by atoms with Crippen molar-refractivity contribution in [1.29, 1.82) is 5.26 Å². The molecule has 8 heteroatoms. The summed E-state index contributed by atoms with van der Waals surface area (Å²) in [5, 5.41) is 11.9. The number of nitrogens with zero attached hydrogens (tertiary/aromatic N) is 1. The highest BCUT2D eigenvalue weighted by molar-refractivity contribution is 7.89. The van der Waals surface area contributed by atoms with Crippen LogP contribution in [0.4, 0.5) is 4.39 Å². The zero-order valence-electron chi connectivity index (χ0n) is 10.6. The molecule has 1 aliphatic heterocycles. The van der Waals surface area contributed by atoms with E-state index in [0.717, 1.165) is 37.6 Å². The van der Waals surface area contributed by atoms with E-state index in [1.165, 1.54) is 0 Å². The van der Waals surface area contributed by atoms with E-state index in [1.54, 1.807) is 6.07 Å². The van der Waals surface area contributed by atoms with Crippen LogP contribution in [0.2, 0.25) is 0 Å². The third-order valence-corrected chi connectivity index (χ3v) is 4.47. The van der Waals surface area contributed by atoms with E-state index in [1.807, 2.05) is 0 Å². The average molecular weight is 320 g/mol. The summed E-state index contributed by atoms with van der Waals surface area (Å²) in [7, 11) is -3.70. The molecule has 0 aromatic heterocycles. The van der Waals surface area contributed by atoms with Crippen molar-refractivity contribution in [2.45, 2.75) is 23.8 Å². The fraction of sp³-hybridized carbons (Fsp3) is 0.417. The Balaban J connectivity index is 0.00000200. The summed E-state index contributed by atoms with van der Waals surface area (Å²) in [5.41, 5.74) is -0.276. The fourth-order valence-corrected chi connectivity index (χ4v) is 3.09. The summed E-state index contributed by atoms with van der Waals surface area (Å²) in [6, 6.07) is 4.94. The molecule has 0 spiro atoms. The summed E-state index contributed by atoms with van der Waals surface area (Å²) in [6.45, 7) is 1.18. The lowest BCUT2D eigenvalue weighted by atomic mass is 10.2. The summed E-state index contributed by atoms with van der Waals surface area (Å²) < 4.78 is 39.6. The third kappa shape index (κ3) is 3.90. The van der Waals surface area contributed by atoms with Crippen molar-refractivity contribution in [2.24, 2.45) is 0 Å². The molecule has 1 unspecified atom stereocenters. The Hall–Kier alpha value is -1.20. The smallest absolute Gasteiger partial charge is 0.240 e. The minimum Gasteiger partial charge on any atom is -0.313 e. The SMILES string of the molecule is Cl.N#Cc1cc(S(=O)(=O)NCC2CCCN2)ccc1F. The van der Waals surface area contributed by atoms with Crippen LogP contribution in [-0.4, -0.2) is 27.5 Å². The minimum atomic E-state index is -3.70. The van der Waals surface area contributed by atoms with Crippen molar-refractivity contribution in [1.82, 2.24) is 10.0 Å². The van der Waals surface area contributed by atoms with Gasteiger partial charge in [0, 0.05) is 12.6 Å². The molecule has 1 heterocycles. The van der Waals surface area contributed by atoms with Gasteiger partial charge in [0.2, 0.25) is 10.0 Å². The summed E-state index contributed by atoms with van der Waals surface area (Å²) in [4.78, 5) is -0.0940. The maximum absolute atomic E-state index is 13.1. The van der Waals surface area contributed by atoms with E-state index in [9.17, 15) is 12.8 Å². The highest BCUT2D eigenvalue weighted by Gasteiger charge is 2.20. The molecule has 5 nitrogen and oxygen atoms in total. The van der Waals surface area contributed by atoms with Gasteiger partial charge in [-0.25, -0.2) is 17.5 Å². The first kappa shape index (κ1) is 16.9. The number of rotatable bonds is 4. The first-order valence-corrected chi connectivity index (χ1v) is 7.44. The number of halogens is 2. The molecule has 110 valence electrons. The molecule has 1 aromatic carbocycles. The Morgan fingerprint density at radius 3 is 2.85 bits per heavy atom. The van der Waals surface area contributed by atoms with Crippen LogP contribution in [0.5, 0.6) is 0 Å². The van der Waals surface area contributed by atoms with E-state index < -0.39 is 15.8 Å². The van der Waals surface area contributed by atoms with E-state index in [2.05, 4.69) is 10.0 Å². The standard InChI is InChI=1S/C12H14FN3O2S.ClH/c13-12-4-3-11(6-9(12)7-14)19(17,18)16-8-10-2-1-5-15-10;/h3-4,6,10,15-16H,1-2,5,8H2;1H. The van der Waals surface area contributed by atoms with Crippen LogP contribution in [0.3, 0.4) is 0 Å². The quantitative estimate of drug-likeness (QED) is 0.872. The van der Waals surface area contributed by atoms with Gasteiger partial charge in [0.25, 0.3) is 0 Å². The normalized spacial score (nSPS) is 18.3. The van der Waals surface area contributed by atoms with E-state index in [-0.39, 0.29) is 28.9 Å². The molecule has 1 aromatic rings. The van der Waals surface area contributed by atoms with Crippen LogP contribution in [0.25, 0.3) is 0 Å². The second kappa shape index (κ2) is 6.99. The molecule has 1 atom stereocenters. The number of benzene rings is 1. The lowest BCUT2D eigenvalue weighted by Crippen LogP contribution is -2.37. The first-order chi connectivity index (χ1) is 9.03. The van der Waals surface area contributed by atoms with Crippen LogP contribution in [-0.2, 0) is 10.0 Å². The summed E-state index contributed by atoms with van der Waals surface area (Å²) in [6.07, 6.45) is 1.96. The van der Waals surface area contributed by atoms with Gasteiger partial charge in [-0.2, -0.15) is 5.26 Å². The molecule has 0 bridgehead atoms. The molecule has 1 aliphatic rings. The number of nitrogens with one attached hydrogen (secondary N) is 2. The highest BCUT2D eigenvalue weighted by Crippen LogP contribution is 2.14. The predicted molar refractivity (Wildman–Crippen MR) is 74.6 cm³/mol. The van der Waals surface area contributed by atoms with Crippen LogP contribution >= 0.6 is 12.4 Å². The molecular weight excluding hydrogens is 305 g/mol. The number of hydrogen-bond donors (Lipinski definition) is 2. The maximum Gasteiger partial charge on any atom is 0.240 e. The lowest BCUT2D eigenvalue weighted by Gasteiger charge is -2.12. The summed E-state index contributed by atoms with van der Waals surface area (Å²) >= 11 is 0. The molecule has 1 fully saturated rings. The number of sulfonamides is 1. The van der Waals surface area contributed by atoms with Gasteiger partial charge in [-0.05, 0) is 37.6 Å². The van der Waals surface area contributed by atoms with E-state index in [0.29, 0.717) is 6.54 Å². The van der Waals surface area contributed by atoms with Gasteiger partial charge in [0.15, 0.2) is 0 Å². The molecule has 0 aliphatic carbocycles. The van der Waals surface area contributed by atoms with Crippen molar-refractivity contribution in [3.05, 3.63) is 29.6 Å². The van der Waals surface area contributed by atoms with Gasteiger partial charge in [-0.15, -0.1) is 12.4 Å². The Morgan fingerprint density at radius 1 is 1.50 bits per heavy atom. The lowest BCUT2D eigenvalue weighted by molar-refractivity contribution is 0.551. The number of nitriles is 1. The zero-order valence-corrected chi connectivity index (χ0v) is 12.2. The molecule has 0 saturated carbocycles. The molecule has 20 heavy (non-hydrogen) atoms. The van der Waals surface area contributed by atoms with Gasteiger partial charge in [-0.1, -0.05) is 0 Å². The minimum absolute atomic E-state index is 0. The fourth-order valence-electron chi connectivity index (χ4n) is 1.98. The second-order valence-electron chi connectivity index (χ2n) is 4.40. The van der Waals surface area contributed by atoms with Gasteiger partial charge < -0.3 is 5.32 Å². The van der Waals surface area contributed by atoms with E-state index in [4.69, 9.17) is 5.26 Å². The van der Waals surface area contributed by atoms with Gasteiger partial charge in [0.1, 0.15) is 11.9 Å². The highest BCUT2D eigenvalue weighted by atomic mass is 35.5. The Morgan fingerprint density at radius 2 is 2.25 bits per heavy atom. The average Bonchev–Trinajstić information content (AvgIpc) is 2.90. The second-order valence-corrected chi connectivity index (χ2v) is 6.17. The van der Waals surface area contributed by atoms with Gasteiger partial charge in [0.05, 0.1) is 10.5 Å². The molecule has 0 amide bonds. The molecule has 0 radical (unpaired) electrons.